The maximum Gasteiger partial charge on any atom is 0.262 e. The van der Waals surface area contributed by atoms with Crippen LogP contribution in [0.25, 0.3) is 5.65 Å². The summed E-state index contributed by atoms with van der Waals surface area (Å²) in [6.07, 6.45) is 3.61. The van der Waals surface area contributed by atoms with Crippen molar-refractivity contribution in [1.29, 1.82) is 0 Å². The molecule has 0 spiro atoms. The van der Waals surface area contributed by atoms with Crippen molar-refractivity contribution in [3.8, 4) is 0 Å². The lowest BCUT2D eigenvalue weighted by Gasteiger charge is -2.31. The molecule has 2 rings (SSSR count). The quantitative estimate of drug-likeness (QED) is 0.343. The second-order valence-electron chi connectivity index (χ2n) is 4.64. The predicted octanol–water partition coefficient (Wildman–Crippen LogP) is -2.00. The Bertz CT molecular complexity index is 626. The fourth-order valence-electron chi connectivity index (χ4n) is 1.93. The first-order chi connectivity index (χ1) is 10.00. The van der Waals surface area contributed by atoms with Gasteiger partial charge in [0, 0.05) is 6.54 Å². The van der Waals surface area contributed by atoms with Gasteiger partial charge in [-0.2, -0.15) is 5.10 Å². The Balaban J connectivity index is 2.23. The zero-order chi connectivity index (χ0) is 15.5. The van der Waals surface area contributed by atoms with E-state index in [9.17, 15) is 15.0 Å². The number of hydrogen-bond acceptors (Lipinski definition) is 7. The van der Waals surface area contributed by atoms with Gasteiger partial charge in [-0.15, -0.1) is 0 Å². The monoisotopic (exact) mass is 294 g/mol. The SMILES string of the molecule is CNCC(O)(O)N(C=O)Cc1cnn2cc(CN)nc2c1. The Hall–Kier alpha value is -2.07. The summed E-state index contributed by atoms with van der Waals surface area (Å²) in [6, 6.07) is 1.71. The van der Waals surface area contributed by atoms with Crippen molar-refractivity contribution in [2.24, 2.45) is 5.73 Å². The Morgan fingerprint density at radius 2 is 2.33 bits per heavy atom. The molecule has 2 aromatic rings. The van der Waals surface area contributed by atoms with Crippen LogP contribution in [0.2, 0.25) is 0 Å². The van der Waals surface area contributed by atoms with Crippen LogP contribution in [0.4, 0.5) is 0 Å². The number of hydrogen-bond donors (Lipinski definition) is 4. The van der Waals surface area contributed by atoms with Crippen molar-refractivity contribution >= 4 is 12.1 Å². The summed E-state index contributed by atoms with van der Waals surface area (Å²) in [5.41, 5.74) is 7.40. The number of aromatic nitrogens is 3. The Morgan fingerprint density at radius 1 is 1.57 bits per heavy atom. The van der Waals surface area contributed by atoms with Gasteiger partial charge >= 0.3 is 0 Å². The molecule has 2 heterocycles. The first-order valence-corrected chi connectivity index (χ1v) is 6.35. The molecular formula is C12H18N6O3. The molecule has 2 aromatic heterocycles. The summed E-state index contributed by atoms with van der Waals surface area (Å²) in [5.74, 6) is -2.28. The zero-order valence-corrected chi connectivity index (χ0v) is 11.6. The van der Waals surface area contributed by atoms with E-state index in [1.54, 1.807) is 23.8 Å². The number of aliphatic hydroxyl groups is 2. The number of imidazole rings is 1. The molecule has 5 N–H and O–H groups in total. The molecule has 0 aromatic carbocycles. The third kappa shape index (κ3) is 3.34. The lowest BCUT2D eigenvalue weighted by Crippen LogP contribution is -2.53. The fraction of sp³-hybridized carbons (Fsp3) is 0.417. The van der Waals surface area contributed by atoms with E-state index in [0.717, 1.165) is 4.90 Å². The molecule has 0 aliphatic rings. The molecule has 9 heteroatoms. The Morgan fingerprint density at radius 3 is 2.95 bits per heavy atom. The number of amides is 1. The molecule has 0 fully saturated rings. The summed E-state index contributed by atoms with van der Waals surface area (Å²) in [5, 5.41) is 26.4. The van der Waals surface area contributed by atoms with E-state index in [-0.39, 0.29) is 13.1 Å². The summed E-state index contributed by atoms with van der Waals surface area (Å²) in [4.78, 5) is 16.2. The average Bonchev–Trinajstić information content (AvgIpc) is 2.86. The molecule has 0 aliphatic carbocycles. The fourth-order valence-corrected chi connectivity index (χ4v) is 1.93. The summed E-state index contributed by atoms with van der Waals surface area (Å²) in [6.45, 7) is 0.117. The number of fused-ring (bicyclic) bond motifs is 1. The number of rotatable bonds is 7. The van der Waals surface area contributed by atoms with Gasteiger partial charge in [-0.05, 0) is 18.7 Å². The van der Waals surface area contributed by atoms with Gasteiger partial charge in [0.1, 0.15) is 0 Å². The number of nitrogens with one attached hydrogen (secondary N) is 1. The molecule has 0 bridgehead atoms. The molecule has 114 valence electrons. The zero-order valence-electron chi connectivity index (χ0n) is 11.6. The van der Waals surface area contributed by atoms with E-state index in [4.69, 9.17) is 5.73 Å². The van der Waals surface area contributed by atoms with Crippen LogP contribution in [0, 0.1) is 0 Å². The van der Waals surface area contributed by atoms with Crippen LogP contribution in [0.15, 0.2) is 18.5 Å². The Labute approximate surface area is 121 Å². The van der Waals surface area contributed by atoms with Gasteiger partial charge in [-0.1, -0.05) is 0 Å². The third-order valence-electron chi connectivity index (χ3n) is 2.99. The molecule has 0 saturated carbocycles. The van der Waals surface area contributed by atoms with Gasteiger partial charge in [0.2, 0.25) is 6.41 Å². The normalized spacial score (nSPS) is 11.8. The van der Waals surface area contributed by atoms with Crippen LogP contribution in [0.5, 0.6) is 0 Å². The van der Waals surface area contributed by atoms with Crippen molar-refractivity contribution in [2.75, 3.05) is 13.6 Å². The van der Waals surface area contributed by atoms with Crippen LogP contribution >= 0.6 is 0 Å². The van der Waals surface area contributed by atoms with E-state index in [0.29, 0.717) is 29.9 Å². The van der Waals surface area contributed by atoms with Crippen LogP contribution in [-0.2, 0) is 17.9 Å². The van der Waals surface area contributed by atoms with Crippen LogP contribution in [-0.4, -0.2) is 55.6 Å². The molecule has 0 radical (unpaired) electrons. The minimum Gasteiger partial charge on any atom is -0.348 e. The first kappa shape index (κ1) is 15.3. The van der Waals surface area contributed by atoms with Gasteiger partial charge < -0.3 is 21.3 Å². The van der Waals surface area contributed by atoms with Gasteiger partial charge in [-0.3, -0.25) is 9.69 Å². The lowest BCUT2D eigenvalue weighted by atomic mass is 10.2. The topological polar surface area (TPSA) is 129 Å². The molecule has 21 heavy (non-hydrogen) atoms. The maximum absolute atomic E-state index is 11.1. The van der Waals surface area contributed by atoms with E-state index in [2.05, 4.69) is 15.4 Å². The highest BCUT2D eigenvalue weighted by molar-refractivity contribution is 5.49. The number of nitrogens with zero attached hydrogens (tertiary/aromatic N) is 4. The molecular weight excluding hydrogens is 276 g/mol. The second-order valence-corrected chi connectivity index (χ2v) is 4.64. The largest absolute Gasteiger partial charge is 0.348 e. The van der Waals surface area contributed by atoms with E-state index >= 15 is 0 Å². The highest BCUT2D eigenvalue weighted by Crippen LogP contribution is 2.12. The summed E-state index contributed by atoms with van der Waals surface area (Å²) in [7, 11) is 1.55. The molecule has 0 atom stereocenters. The Kier molecular flexibility index (Phi) is 4.48. The number of likely N-dealkylation sites (N-methyl/N-ethyl adjacent to an activating group) is 1. The van der Waals surface area contributed by atoms with Crippen LogP contribution in [0.1, 0.15) is 11.3 Å². The predicted molar refractivity (Wildman–Crippen MR) is 73.6 cm³/mol. The molecule has 0 unspecified atom stereocenters. The number of carbonyl (C=O) groups is 1. The second kappa shape index (κ2) is 6.14. The standard InChI is InChI=1S/C12H18N6O3/c1-14-7-12(20,21)17(8-19)5-9-2-11-16-10(3-13)6-18(11)15-4-9/h2,4,6,8,14,20-21H,3,5,7,13H2,1H3. The molecule has 1 amide bonds. The van der Waals surface area contributed by atoms with Crippen molar-refractivity contribution in [1.82, 2.24) is 24.8 Å². The van der Waals surface area contributed by atoms with Gasteiger partial charge in [0.25, 0.3) is 5.91 Å². The third-order valence-corrected chi connectivity index (χ3v) is 2.99. The molecule has 0 aliphatic heterocycles. The average molecular weight is 294 g/mol. The summed E-state index contributed by atoms with van der Waals surface area (Å²) >= 11 is 0. The lowest BCUT2D eigenvalue weighted by molar-refractivity contribution is -0.250. The van der Waals surface area contributed by atoms with Crippen molar-refractivity contribution in [3.05, 3.63) is 29.7 Å². The molecule has 9 nitrogen and oxygen atoms in total. The van der Waals surface area contributed by atoms with Gasteiger partial charge in [0.05, 0.1) is 31.2 Å². The van der Waals surface area contributed by atoms with Gasteiger partial charge in [0.15, 0.2) is 5.65 Å². The van der Waals surface area contributed by atoms with E-state index < -0.39 is 5.91 Å². The summed E-state index contributed by atoms with van der Waals surface area (Å²) < 4.78 is 1.57. The highest BCUT2D eigenvalue weighted by Gasteiger charge is 2.30. The van der Waals surface area contributed by atoms with Gasteiger partial charge in [-0.25, -0.2) is 9.50 Å². The van der Waals surface area contributed by atoms with E-state index in [1.165, 1.54) is 6.20 Å². The van der Waals surface area contributed by atoms with Crippen molar-refractivity contribution in [3.63, 3.8) is 0 Å². The number of carbonyl (C=O) groups excluding carboxylic acids is 1. The minimum atomic E-state index is -2.28. The highest BCUT2D eigenvalue weighted by atomic mass is 16.5. The number of nitrogens with two attached hydrogens (primary N) is 1. The van der Waals surface area contributed by atoms with Crippen molar-refractivity contribution < 1.29 is 15.0 Å². The maximum atomic E-state index is 11.1. The van der Waals surface area contributed by atoms with Crippen LogP contribution in [0.3, 0.4) is 0 Å². The van der Waals surface area contributed by atoms with Crippen LogP contribution < -0.4 is 11.1 Å². The van der Waals surface area contributed by atoms with Crippen molar-refractivity contribution in [2.45, 2.75) is 19.0 Å². The molecule has 0 saturated heterocycles. The minimum absolute atomic E-state index is 0.00744. The first-order valence-electron chi connectivity index (χ1n) is 6.35. The van der Waals surface area contributed by atoms with E-state index in [1.807, 2.05) is 0 Å². The smallest absolute Gasteiger partial charge is 0.262 e.